The van der Waals surface area contributed by atoms with Gasteiger partial charge in [0, 0.05) is 56.4 Å². The van der Waals surface area contributed by atoms with E-state index in [-0.39, 0.29) is 53.1 Å². The van der Waals surface area contributed by atoms with E-state index in [4.69, 9.17) is 4.74 Å². The number of carbonyl (C=O) groups is 3. The maximum absolute atomic E-state index is 15.4. The maximum atomic E-state index is 15.4. The molecule has 0 bridgehead atoms. The average molecular weight is 635 g/mol. The largest absolute Gasteiger partial charge is 0.453 e. The summed E-state index contributed by atoms with van der Waals surface area (Å²) in [7, 11) is 1.35. The summed E-state index contributed by atoms with van der Waals surface area (Å²) in [5, 5.41) is 5.80. The second-order valence-electron chi connectivity index (χ2n) is 12.8. The van der Waals surface area contributed by atoms with Gasteiger partial charge in [0.1, 0.15) is 5.82 Å². The van der Waals surface area contributed by atoms with Crippen LogP contribution < -0.4 is 21.9 Å². The molecule has 1 atom stereocenters. The predicted octanol–water partition coefficient (Wildman–Crippen LogP) is 3.84. The van der Waals surface area contributed by atoms with E-state index in [0.717, 1.165) is 30.0 Å². The normalized spacial score (nSPS) is 18.0. The first kappa shape index (κ1) is 31.3. The molecule has 1 aliphatic carbocycles. The Bertz CT molecular complexity index is 1830. The van der Waals surface area contributed by atoms with Gasteiger partial charge in [-0.15, -0.1) is 0 Å². The number of nitrogens with zero attached hydrogens (tertiary/aromatic N) is 4. The Morgan fingerprint density at radius 3 is 2.52 bits per heavy atom. The highest BCUT2D eigenvalue weighted by Gasteiger charge is 2.29. The number of hydrogen-bond donors (Lipinski definition) is 2. The van der Waals surface area contributed by atoms with Gasteiger partial charge in [-0.25, -0.2) is 18.8 Å². The second kappa shape index (κ2) is 12.6. The van der Waals surface area contributed by atoms with Gasteiger partial charge in [0.15, 0.2) is 0 Å². The Morgan fingerprint density at radius 1 is 1.02 bits per heavy atom. The molecule has 2 fully saturated rings. The van der Waals surface area contributed by atoms with Gasteiger partial charge in [-0.2, -0.15) is 0 Å². The smallest absolute Gasteiger partial charge is 0.409 e. The van der Waals surface area contributed by atoms with Crippen LogP contribution in [0, 0.1) is 11.7 Å². The van der Waals surface area contributed by atoms with Crippen molar-refractivity contribution in [1.82, 2.24) is 24.3 Å². The molecule has 6 rings (SSSR count). The number of urea groups is 1. The van der Waals surface area contributed by atoms with Gasteiger partial charge in [-0.05, 0) is 81.2 Å². The van der Waals surface area contributed by atoms with Crippen LogP contribution in [-0.2, 0) is 24.2 Å². The number of anilines is 1. The number of amides is 4. The first-order valence-electron chi connectivity index (χ1n) is 15.8. The SMILES string of the molecule is COC(=O)N1CCc2cc(C(=O)NC3CCCN(C(=O)Nc4cc5c(=O)n(CC6CC6)c(=O)n(C(C)C)c5cc4F)C3)ccc2C1. The maximum Gasteiger partial charge on any atom is 0.409 e. The van der Waals surface area contributed by atoms with Crippen LogP contribution in [0.25, 0.3) is 10.9 Å². The topological polar surface area (TPSA) is 135 Å². The lowest BCUT2D eigenvalue weighted by atomic mass is 9.97. The van der Waals surface area contributed by atoms with E-state index < -0.39 is 23.1 Å². The molecule has 3 heterocycles. The first-order valence-corrected chi connectivity index (χ1v) is 15.8. The van der Waals surface area contributed by atoms with Crippen LogP contribution in [0.2, 0.25) is 0 Å². The average Bonchev–Trinajstić information content (AvgIpc) is 3.87. The Kier molecular flexibility index (Phi) is 8.58. The molecule has 46 heavy (non-hydrogen) atoms. The number of likely N-dealkylation sites (tertiary alicyclic amines) is 1. The summed E-state index contributed by atoms with van der Waals surface area (Å²) in [5.74, 6) is -0.732. The van der Waals surface area contributed by atoms with E-state index in [1.54, 1.807) is 24.8 Å². The first-order chi connectivity index (χ1) is 22.0. The van der Waals surface area contributed by atoms with E-state index in [2.05, 4.69) is 10.6 Å². The number of methoxy groups -OCH3 is 1. The van der Waals surface area contributed by atoms with Gasteiger partial charge in [0.2, 0.25) is 0 Å². The monoisotopic (exact) mass is 634 g/mol. The second-order valence-corrected chi connectivity index (χ2v) is 12.8. The van der Waals surface area contributed by atoms with Crippen LogP contribution in [-0.4, -0.2) is 69.8 Å². The number of nitrogens with one attached hydrogen (secondary N) is 2. The molecule has 3 aliphatic rings. The fraction of sp³-hybridized carbons (Fsp3) is 0.485. The molecule has 13 heteroatoms. The predicted molar refractivity (Wildman–Crippen MR) is 170 cm³/mol. The van der Waals surface area contributed by atoms with Gasteiger partial charge >= 0.3 is 17.8 Å². The minimum absolute atomic E-state index is 0.146. The number of aromatic nitrogens is 2. The number of piperidine rings is 1. The van der Waals surface area contributed by atoms with Crippen molar-refractivity contribution in [3.8, 4) is 0 Å². The molecule has 1 unspecified atom stereocenters. The van der Waals surface area contributed by atoms with Crippen molar-refractivity contribution in [2.75, 3.05) is 32.1 Å². The molecule has 0 radical (unpaired) electrons. The van der Waals surface area contributed by atoms with Crippen molar-refractivity contribution in [3.63, 3.8) is 0 Å². The zero-order chi connectivity index (χ0) is 32.7. The van der Waals surface area contributed by atoms with Gasteiger partial charge in [0.25, 0.3) is 11.5 Å². The summed E-state index contributed by atoms with van der Waals surface area (Å²) >= 11 is 0. The molecule has 2 N–H and O–H groups in total. The molecule has 2 aliphatic heterocycles. The minimum atomic E-state index is -0.752. The molecule has 1 saturated carbocycles. The number of ether oxygens (including phenoxy) is 1. The Labute approximate surface area is 265 Å². The van der Waals surface area contributed by atoms with E-state index in [9.17, 15) is 24.0 Å². The third-order valence-corrected chi connectivity index (χ3v) is 9.11. The zero-order valence-electron chi connectivity index (χ0n) is 26.3. The van der Waals surface area contributed by atoms with Crippen LogP contribution in [0.1, 0.15) is 67.1 Å². The number of fused-ring (bicyclic) bond motifs is 2. The fourth-order valence-electron chi connectivity index (χ4n) is 6.43. The number of halogens is 1. The fourth-order valence-corrected chi connectivity index (χ4v) is 6.43. The van der Waals surface area contributed by atoms with Crippen LogP contribution >= 0.6 is 0 Å². The summed E-state index contributed by atoms with van der Waals surface area (Å²) < 4.78 is 22.8. The standard InChI is InChI=1S/C33H39FN6O6/c1-19(2)40-28-15-26(34)27(14-25(28)30(42)39(32(40)44)16-20-6-7-20)36-31(43)37-11-4-5-24(18-37)35-29(41)22-8-9-23-17-38(33(45)46-3)12-10-21(23)13-22/h8-9,13-15,19-20,24H,4-7,10-12,16-18H2,1-3H3,(H,35,41)(H,36,43). The molecule has 1 aromatic heterocycles. The van der Waals surface area contributed by atoms with E-state index in [1.165, 1.54) is 27.2 Å². The van der Waals surface area contributed by atoms with Crippen LogP contribution in [0.3, 0.4) is 0 Å². The molecule has 244 valence electrons. The lowest BCUT2D eigenvalue weighted by molar-refractivity contribution is 0.0912. The van der Waals surface area contributed by atoms with Crippen LogP contribution in [0.15, 0.2) is 39.9 Å². The highest BCUT2D eigenvalue weighted by atomic mass is 19.1. The molecule has 2 aromatic carbocycles. The highest BCUT2D eigenvalue weighted by molar-refractivity contribution is 5.95. The van der Waals surface area contributed by atoms with Crippen LogP contribution in [0.5, 0.6) is 0 Å². The zero-order valence-corrected chi connectivity index (χ0v) is 26.3. The lowest BCUT2D eigenvalue weighted by Gasteiger charge is -2.33. The molecule has 12 nitrogen and oxygen atoms in total. The summed E-state index contributed by atoms with van der Waals surface area (Å²) in [6.45, 7) is 5.50. The number of hydrogen-bond acceptors (Lipinski definition) is 6. The van der Waals surface area contributed by atoms with Crippen molar-refractivity contribution in [2.45, 2.75) is 71.1 Å². The Balaban J connectivity index is 1.15. The summed E-state index contributed by atoms with van der Waals surface area (Å²) in [5.41, 5.74) is 1.55. The third kappa shape index (κ3) is 6.22. The van der Waals surface area contributed by atoms with Gasteiger partial charge in [-0.1, -0.05) is 6.07 Å². The molecular weight excluding hydrogens is 595 g/mol. The molecular formula is C33H39FN6O6. The summed E-state index contributed by atoms with van der Waals surface area (Å²) in [6, 6.07) is 6.70. The third-order valence-electron chi connectivity index (χ3n) is 9.11. The van der Waals surface area contributed by atoms with Gasteiger partial charge in [0.05, 0.1) is 23.7 Å². The molecule has 4 amide bonds. The van der Waals surface area contributed by atoms with Crippen molar-refractivity contribution in [3.05, 3.63) is 73.7 Å². The number of carbonyl (C=O) groups excluding carboxylic acids is 3. The van der Waals surface area contributed by atoms with E-state index in [0.29, 0.717) is 51.0 Å². The van der Waals surface area contributed by atoms with E-state index >= 15 is 4.39 Å². The molecule has 3 aromatic rings. The molecule has 1 saturated heterocycles. The quantitative estimate of drug-likeness (QED) is 0.423. The Hall–Kier alpha value is -4.68. The van der Waals surface area contributed by atoms with Gasteiger partial charge < -0.3 is 25.2 Å². The van der Waals surface area contributed by atoms with Crippen molar-refractivity contribution >= 4 is 34.6 Å². The number of rotatable bonds is 6. The van der Waals surface area contributed by atoms with Crippen molar-refractivity contribution in [1.29, 1.82) is 0 Å². The summed E-state index contributed by atoms with van der Waals surface area (Å²) in [6.07, 6.45) is 3.45. The number of benzene rings is 2. The van der Waals surface area contributed by atoms with E-state index in [1.807, 2.05) is 12.1 Å². The van der Waals surface area contributed by atoms with Crippen molar-refractivity contribution in [2.24, 2.45) is 5.92 Å². The Morgan fingerprint density at radius 2 is 1.80 bits per heavy atom. The molecule has 0 spiro atoms. The highest BCUT2D eigenvalue weighted by Crippen LogP contribution is 2.30. The summed E-state index contributed by atoms with van der Waals surface area (Å²) in [4.78, 5) is 68.0. The van der Waals surface area contributed by atoms with Crippen LogP contribution in [0.4, 0.5) is 19.7 Å². The minimum Gasteiger partial charge on any atom is -0.453 e. The van der Waals surface area contributed by atoms with Gasteiger partial charge in [-0.3, -0.25) is 18.7 Å². The lowest BCUT2D eigenvalue weighted by Crippen LogP contribution is -2.50. The van der Waals surface area contributed by atoms with Crippen molar-refractivity contribution < 1.29 is 23.5 Å².